The summed E-state index contributed by atoms with van der Waals surface area (Å²) in [7, 11) is 0. The van der Waals surface area contributed by atoms with Crippen LogP contribution in [0.4, 0.5) is 0 Å². The predicted molar refractivity (Wildman–Crippen MR) is 70.1 cm³/mol. The van der Waals surface area contributed by atoms with Gasteiger partial charge >= 0.3 is 5.69 Å². The lowest BCUT2D eigenvalue weighted by molar-refractivity contribution is 0.670. The first-order valence-electron chi connectivity index (χ1n) is 6.08. The molecule has 0 saturated heterocycles. The summed E-state index contributed by atoms with van der Waals surface area (Å²) in [6.07, 6.45) is 0. The lowest BCUT2D eigenvalue weighted by Crippen LogP contribution is -2.23. The lowest BCUT2D eigenvalue weighted by Gasteiger charge is -2.06. The van der Waals surface area contributed by atoms with E-state index in [1.54, 1.807) is 9.13 Å². The van der Waals surface area contributed by atoms with Gasteiger partial charge in [0, 0.05) is 19.1 Å². The number of nitrogens with zero attached hydrogens (tertiary/aromatic N) is 2. The predicted octanol–water partition coefficient (Wildman–Crippen LogP) is 1.86. The molecular weight excluding hydrogens is 214 g/mol. The number of aryl methyl sites for hydroxylation is 2. The van der Waals surface area contributed by atoms with E-state index in [1.165, 1.54) is 0 Å². The van der Waals surface area contributed by atoms with Gasteiger partial charge in [-0.15, -0.1) is 0 Å². The summed E-state index contributed by atoms with van der Waals surface area (Å²) >= 11 is 0. The second-order valence-corrected chi connectivity index (χ2v) is 4.31. The minimum atomic E-state index is -0.00946. The van der Waals surface area contributed by atoms with Crippen molar-refractivity contribution >= 4 is 11.0 Å². The summed E-state index contributed by atoms with van der Waals surface area (Å²) in [4.78, 5) is 12.1. The zero-order valence-electron chi connectivity index (χ0n) is 10.6. The zero-order valence-corrected chi connectivity index (χ0v) is 10.6. The fourth-order valence-corrected chi connectivity index (χ4v) is 2.23. The SMILES string of the molecule is CCn1c(=O)n(CC)c2cc(C(C)N)ccc21. The highest BCUT2D eigenvalue weighted by molar-refractivity contribution is 5.77. The largest absolute Gasteiger partial charge is 0.329 e. The third kappa shape index (κ3) is 1.78. The van der Waals surface area contributed by atoms with Gasteiger partial charge in [0.25, 0.3) is 0 Å². The van der Waals surface area contributed by atoms with Crippen LogP contribution in [0.25, 0.3) is 11.0 Å². The zero-order chi connectivity index (χ0) is 12.6. The number of imidazole rings is 1. The van der Waals surface area contributed by atoms with E-state index in [0.29, 0.717) is 13.1 Å². The fourth-order valence-electron chi connectivity index (χ4n) is 2.23. The van der Waals surface area contributed by atoms with Gasteiger partial charge in [-0.05, 0) is 38.5 Å². The number of hydrogen-bond acceptors (Lipinski definition) is 2. The number of benzene rings is 1. The first-order valence-corrected chi connectivity index (χ1v) is 6.08. The normalized spacial score (nSPS) is 13.2. The highest BCUT2D eigenvalue weighted by Crippen LogP contribution is 2.18. The highest BCUT2D eigenvalue weighted by atomic mass is 16.1. The molecule has 1 heterocycles. The van der Waals surface area contributed by atoms with E-state index in [-0.39, 0.29) is 11.7 Å². The first-order chi connectivity index (χ1) is 8.10. The number of fused-ring (bicyclic) bond motifs is 1. The van der Waals surface area contributed by atoms with Crippen molar-refractivity contribution in [3.05, 3.63) is 34.2 Å². The molecule has 1 atom stereocenters. The second-order valence-electron chi connectivity index (χ2n) is 4.31. The Balaban J connectivity index is 2.81. The fraction of sp³-hybridized carbons (Fsp3) is 0.462. The van der Waals surface area contributed by atoms with Crippen molar-refractivity contribution < 1.29 is 0 Å². The summed E-state index contributed by atoms with van der Waals surface area (Å²) in [5.41, 5.74) is 8.97. The molecule has 0 saturated carbocycles. The third-order valence-electron chi connectivity index (χ3n) is 3.20. The van der Waals surface area contributed by atoms with E-state index in [0.717, 1.165) is 16.6 Å². The van der Waals surface area contributed by atoms with Crippen molar-refractivity contribution in [2.24, 2.45) is 5.73 Å². The third-order valence-corrected chi connectivity index (χ3v) is 3.20. The minimum Gasteiger partial charge on any atom is -0.324 e. The highest BCUT2D eigenvalue weighted by Gasteiger charge is 2.12. The second kappa shape index (κ2) is 4.37. The summed E-state index contributed by atoms with van der Waals surface area (Å²) in [5, 5.41) is 0. The number of hydrogen-bond donors (Lipinski definition) is 1. The summed E-state index contributed by atoms with van der Waals surface area (Å²) in [5.74, 6) is 0. The summed E-state index contributed by atoms with van der Waals surface area (Å²) in [6.45, 7) is 7.30. The molecule has 0 aliphatic rings. The van der Waals surface area contributed by atoms with Crippen molar-refractivity contribution in [3.63, 3.8) is 0 Å². The lowest BCUT2D eigenvalue weighted by atomic mass is 10.1. The average Bonchev–Trinajstić information content (AvgIpc) is 2.58. The van der Waals surface area contributed by atoms with Crippen LogP contribution in [-0.2, 0) is 13.1 Å². The maximum absolute atomic E-state index is 12.1. The smallest absolute Gasteiger partial charge is 0.324 e. The van der Waals surface area contributed by atoms with Gasteiger partial charge in [-0.1, -0.05) is 6.07 Å². The van der Waals surface area contributed by atoms with Crippen molar-refractivity contribution in [2.45, 2.75) is 39.9 Å². The van der Waals surface area contributed by atoms with Crippen LogP contribution in [0.3, 0.4) is 0 Å². The molecule has 0 radical (unpaired) electrons. The Hall–Kier alpha value is -1.55. The molecule has 0 spiro atoms. The van der Waals surface area contributed by atoms with Gasteiger partial charge in [0.15, 0.2) is 0 Å². The summed E-state index contributed by atoms with van der Waals surface area (Å²) < 4.78 is 3.59. The van der Waals surface area contributed by atoms with Gasteiger partial charge in [-0.3, -0.25) is 9.13 Å². The topological polar surface area (TPSA) is 53.0 Å². The Kier molecular flexibility index (Phi) is 3.07. The number of aromatic nitrogens is 2. The van der Waals surface area contributed by atoms with Crippen LogP contribution >= 0.6 is 0 Å². The van der Waals surface area contributed by atoms with E-state index in [2.05, 4.69) is 0 Å². The quantitative estimate of drug-likeness (QED) is 0.879. The number of rotatable bonds is 3. The van der Waals surface area contributed by atoms with E-state index in [4.69, 9.17) is 5.73 Å². The molecule has 0 bridgehead atoms. The molecule has 1 aromatic heterocycles. The Morgan fingerprint density at radius 3 is 2.29 bits per heavy atom. The van der Waals surface area contributed by atoms with Crippen molar-refractivity contribution in [2.75, 3.05) is 0 Å². The molecular formula is C13H19N3O. The molecule has 1 unspecified atom stereocenters. The maximum atomic E-state index is 12.1. The molecule has 92 valence electrons. The van der Waals surface area contributed by atoms with Gasteiger partial charge in [-0.2, -0.15) is 0 Å². The van der Waals surface area contributed by atoms with E-state index in [9.17, 15) is 4.79 Å². The molecule has 0 aliphatic heterocycles. The van der Waals surface area contributed by atoms with E-state index < -0.39 is 0 Å². The van der Waals surface area contributed by atoms with Gasteiger partial charge < -0.3 is 5.73 Å². The van der Waals surface area contributed by atoms with Gasteiger partial charge in [0.05, 0.1) is 11.0 Å². The molecule has 4 heteroatoms. The Morgan fingerprint density at radius 2 is 1.76 bits per heavy atom. The van der Waals surface area contributed by atoms with Crippen molar-refractivity contribution in [1.29, 1.82) is 0 Å². The maximum Gasteiger partial charge on any atom is 0.329 e. The molecule has 0 aliphatic carbocycles. The Morgan fingerprint density at radius 1 is 1.18 bits per heavy atom. The van der Waals surface area contributed by atoms with Crippen LogP contribution in [0.2, 0.25) is 0 Å². The Labute approximate surface area is 101 Å². The molecule has 0 amide bonds. The van der Waals surface area contributed by atoms with E-state index in [1.807, 2.05) is 39.0 Å². The van der Waals surface area contributed by atoms with Crippen LogP contribution in [0.15, 0.2) is 23.0 Å². The molecule has 2 aromatic rings. The van der Waals surface area contributed by atoms with Gasteiger partial charge in [-0.25, -0.2) is 4.79 Å². The molecule has 2 rings (SSSR count). The Bertz CT molecular complexity index is 592. The van der Waals surface area contributed by atoms with Crippen molar-refractivity contribution in [3.8, 4) is 0 Å². The summed E-state index contributed by atoms with van der Waals surface area (Å²) in [6, 6.07) is 6.01. The van der Waals surface area contributed by atoms with Crippen LogP contribution in [0, 0.1) is 0 Å². The molecule has 0 fully saturated rings. The van der Waals surface area contributed by atoms with Crippen LogP contribution in [-0.4, -0.2) is 9.13 Å². The van der Waals surface area contributed by atoms with E-state index >= 15 is 0 Å². The van der Waals surface area contributed by atoms with Crippen LogP contribution in [0.5, 0.6) is 0 Å². The number of nitrogens with two attached hydrogens (primary N) is 1. The van der Waals surface area contributed by atoms with Crippen LogP contribution < -0.4 is 11.4 Å². The standard InChI is InChI=1S/C13H19N3O/c1-4-15-11-7-6-10(9(3)14)8-12(11)16(5-2)13(15)17/h6-9H,4-5,14H2,1-3H3. The van der Waals surface area contributed by atoms with Gasteiger partial charge in [0.2, 0.25) is 0 Å². The first kappa shape index (κ1) is 11.9. The molecule has 1 aromatic carbocycles. The average molecular weight is 233 g/mol. The van der Waals surface area contributed by atoms with Crippen LogP contribution in [0.1, 0.15) is 32.4 Å². The minimum absolute atomic E-state index is 0.00946. The monoisotopic (exact) mass is 233 g/mol. The molecule has 17 heavy (non-hydrogen) atoms. The molecule has 2 N–H and O–H groups in total. The molecule has 4 nitrogen and oxygen atoms in total. The van der Waals surface area contributed by atoms with Gasteiger partial charge in [0.1, 0.15) is 0 Å². The van der Waals surface area contributed by atoms with Crippen molar-refractivity contribution in [1.82, 2.24) is 9.13 Å².